The lowest BCUT2D eigenvalue weighted by Crippen LogP contribution is -2.27. The Balaban J connectivity index is 1.15. The van der Waals surface area contributed by atoms with E-state index in [2.05, 4.69) is 192 Å². The lowest BCUT2D eigenvalue weighted by Gasteiger charge is -2.37. The van der Waals surface area contributed by atoms with Gasteiger partial charge in [0, 0.05) is 38.9 Å². The van der Waals surface area contributed by atoms with Crippen molar-refractivity contribution in [2.75, 3.05) is 9.80 Å². The highest BCUT2D eigenvalue weighted by Gasteiger charge is 2.49. The minimum absolute atomic E-state index is 0.144. The fraction of sp³-hybridized carbons (Fsp3) is 0.0980. The number of para-hydroxylation sites is 3. The first kappa shape index (κ1) is 31.0. The second kappa shape index (κ2) is 12.2. The summed E-state index contributed by atoms with van der Waals surface area (Å²) in [5.74, 6) is 0. The summed E-state index contributed by atoms with van der Waals surface area (Å²) in [6.07, 6.45) is 4.27. The molecule has 11 rings (SSSR count). The standard InChI is InChI=1S/C51H38N2O/c1-4-17-38(18-5-1)52(39-19-6-2-7-20-39)44-24-12-15-36-30-32-51(49(36)44)33-31-37-16-13-25-45(50(37)51)53(40-21-8-3-9-22-40)41-27-29-46-43(34-41)48-42-23-11-10-14-35(42)26-28-47(48)54-46/h1-29,34H,30-33H2/t51-/m1/s1. The van der Waals surface area contributed by atoms with Crippen molar-refractivity contribution >= 4 is 66.8 Å². The van der Waals surface area contributed by atoms with E-state index < -0.39 is 0 Å². The van der Waals surface area contributed by atoms with Crippen molar-refractivity contribution in [3.63, 3.8) is 0 Å². The summed E-state index contributed by atoms with van der Waals surface area (Å²) >= 11 is 0. The summed E-state index contributed by atoms with van der Waals surface area (Å²) in [7, 11) is 0. The Labute approximate surface area is 315 Å². The average molecular weight is 695 g/mol. The van der Waals surface area contributed by atoms with Gasteiger partial charge in [-0.05, 0) is 132 Å². The van der Waals surface area contributed by atoms with Crippen molar-refractivity contribution < 1.29 is 4.42 Å². The van der Waals surface area contributed by atoms with Crippen LogP contribution < -0.4 is 9.80 Å². The van der Waals surface area contributed by atoms with Gasteiger partial charge in [0.1, 0.15) is 11.2 Å². The van der Waals surface area contributed by atoms with Crippen LogP contribution in [0.3, 0.4) is 0 Å². The second-order valence-electron chi connectivity index (χ2n) is 14.8. The van der Waals surface area contributed by atoms with E-state index in [1.165, 1.54) is 61.2 Å². The van der Waals surface area contributed by atoms with Gasteiger partial charge in [-0.25, -0.2) is 0 Å². The zero-order valence-electron chi connectivity index (χ0n) is 30.0. The average Bonchev–Trinajstić information content (AvgIpc) is 3.93. The third-order valence-corrected chi connectivity index (χ3v) is 12.0. The van der Waals surface area contributed by atoms with Gasteiger partial charge >= 0.3 is 0 Å². The maximum Gasteiger partial charge on any atom is 0.136 e. The number of rotatable bonds is 6. The normalized spacial score (nSPS) is 15.9. The van der Waals surface area contributed by atoms with Gasteiger partial charge in [-0.1, -0.05) is 109 Å². The van der Waals surface area contributed by atoms with Gasteiger partial charge in [-0.15, -0.1) is 0 Å². The fourth-order valence-electron chi connectivity index (χ4n) is 9.77. The van der Waals surface area contributed by atoms with E-state index in [1.54, 1.807) is 0 Å². The third-order valence-electron chi connectivity index (χ3n) is 12.0. The Hall–Kier alpha value is -6.58. The molecule has 2 aliphatic carbocycles. The van der Waals surface area contributed by atoms with Crippen molar-refractivity contribution in [3.05, 3.63) is 204 Å². The molecule has 2 aliphatic rings. The molecule has 3 heteroatoms. The molecule has 8 aromatic carbocycles. The molecule has 0 amide bonds. The van der Waals surface area contributed by atoms with Gasteiger partial charge in [0.05, 0.1) is 11.4 Å². The van der Waals surface area contributed by atoms with Gasteiger partial charge < -0.3 is 14.2 Å². The molecule has 0 N–H and O–H groups in total. The molecule has 0 aliphatic heterocycles. The van der Waals surface area contributed by atoms with Crippen molar-refractivity contribution in [2.24, 2.45) is 0 Å². The molecule has 258 valence electrons. The summed E-state index contributed by atoms with van der Waals surface area (Å²) in [5, 5.41) is 4.74. The first-order valence-corrected chi connectivity index (χ1v) is 19.1. The van der Waals surface area contributed by atoms with Crippen molar-refractivity contribution in [2.45, 2.75) is 31.1 Å². The predicted octanol–water partition coefficient (Wildman–Crippen LogP) is 13.9. The van der Waals surface area contributed by atoms with E-state index in [1.807, 2.05) is 0 Å². The molecule has 0 saturated heterocycles. The van der Waals surface area contributed by atoms with Gasteiger partial charge in [0.25, 0.3) is 0 Å². The van der Waals surface area contributed by atoms with E-state index in [9.17, 15) is 0 Å². The number of aryl methyl sites for hydroxylation is 2. The van der Waals surface area contributed by atoms with Crippen LogP contribution in [0.25, 0.3) is 32.7 Å². The topological polar surface area (TPSA) is 19.6 Å². The highest BCUT2D eigenvalue weighted by molar-refractivity contribution is 6.19. The quantitative estimate of drug-likeness (QED) is 0.173. The van der Waals surface area contributed by atoms with E-state index >= 15 is 0 Å². The lowest BCUT2D eigenvalue weighted by atomic mass is 9.74. The Kier molecular flexibility index (Phi) is 7.03. The molecule has 0 unspecified atom stereocenters. The van der Waals surface area contributed by atoms with Gasteiger partial charge in [-0.3, -0.25) is 0 Å². The molecule has 0 radical (unpaired) electrons. The van der Waals surface area contributed by atoms with Crippen LogP contribution in [-0.2, 0) is 18.3 Å². The molecule has 0 fully saturated rings. The molecule has 0 saturated carbocycles. The van der Waals surface area contributed by atoms with E-state index in [0.717, 1.165) is 53.6 Å². The lowest BCUT2D eigenvalue weighted by molar-refractivity contribution is 0.508. The number of benzene rings is 8. The van der Waals surface area contributed by atoms with Crippen LogP contribution >= 0.6 is 0 Å². The summed E-state index contributed by atoms with van der Waals surface area (Å²) in [4.78, 5) is 4.98. The van der Waals surface area contributed by atoms with Crippen LogP contribution in [0.2, 0.25) is 0 Å². The summed E-state index contributed by atoms with van der Waals surface area (Å²) in [6.45, 7) is 0. The van der Waals surface area contributed by atoms with Crippen LogP contribution in [0.1, 0.15) is 35.1 Å². The number of furan rings is 1. The largest absolute Gasteiger partial charge is 0.456 e. The number of anilines is 6. The molecule has 9 aromatic rings. The fourth-order valence-corrected chi connectivity index (χ4v) is 9.77. The molecule has 1 atom stereocenters. The maximum atomic E-state index is 6.48. The first-order chi connectivity index (χ1) is 26.8. The summed E-state index contributed by atoms with van der Waals surface area (Å²) in [5.41, 5.74) is 14.7. The number of nitrogens with zero attached hydrogens (tertiary/aromatic N) is 2. The first-order valence-electron chi connectivity index (χ1n) is 19.1. The summed E-state index contributed by atoms with van der Waals surface area (Å²) < 4.78 is 6.48. The molecular weight excluding hydrogens is 657 g/mol. The summed E-state index contributed by atoms with van der Waals surface area (Å²) in [6, 6.07) is 66.3. The maximum absolute atomic E-state index is 6.48. The van der Waals surface area contributed by atoms with E-state index in [-0.39, 0.29) is 5.41 Å². The number of hydrogen-bond acceptors (Lipinski definition) is 3. The minimum Gasteiger partial charge on any atom is -0.456 e. The van der Waals surface area contributed by atoms with E-state index in [4.69, 9.17) is 4.42 Å². The third kappa shape index (κ3) is 4.68. The molecular formula is C51H38N2O. The minimum atomic E-state index is -0.144. The van der Waals surface area contributed by atoms with Crippen molar-refractivity contribution in [3.8, 4) is 0 Å². The smallest absolute Gasteiger partial charge is 0.136 e. The molecule has 54 heavy (non-hydrogen) atoms. The molecule has 1 heterocycles. The van der Waals surface area contributed by atoms with Crippen LogP contribution in [0.4, 0.5) is 34.1 Å². The Morgan fingerprint density at radius 3 is 1.52 bits per heavy atom. The highest BCUT2D eigenvalue weighted by atomic mass is 16.3. The van der Waals surface area contributed by atoms with E-state index in [0.29, 0.717) is 0 Å². The molecule has 1 aromatic heterocycles. The number of hydrogen-bond donors (Lipinski definition) is 0. The number of fused-ring (bicyclic) bond motifs is 9. The Bertz CT molecular complexity index is 2800. The predicted molar refractivity (Wildman–Crippen MR) is 224 cm³/mol. The molecule has 1 spiro atoms. The molecule has 3 nitrogen and oxygen atoms in total. The monoisotopic (exact) mass is 694 g/mol. The van der Waals surface area contributed by atoms with Crippen LogP contribution in [-0.4, -0.2) is 0 Å². The van der Waals surface area contributed by atoms with Gasteiger partial charge in [0.2, 0.25) is 0 Å². The van der Waals surface area contributed by atoms with Crippen LogP contribution in [0, 0.1) is 0 Å². The zero-order chi connectivity index (χ0) is 35.6. The highest BCUT2D eigenvalue weighted by Crippen LogP contribution is 2.60. The van der Waals surface area contributed by atoms with Crippen molar-refractivity contribution in [1.29, 1.82) is 0 Å². The van der Waals surface area contributed by atoms with Gasteiger partial charge in [0.15, 0.2) is 0 Å². The van der Waals surface area contributed by atoms with Crippen LogP contribution in [0.5, 0.6) is 0 Å². The van der Waals surface area contributed by atoms with Crippen molar-refractivity contribution in [1.82, 2.24) is 0 Å². The Morgan fingerprint density at radius 1 is 0.407 bits per heavy atom. The second-order valence-corrected chi connectivity index (χ2v) is 14.8. The van der Waals surface area contributed by atoms with Crippen LogP contribution in [0.15, 0.2) is 186 Å². The van der Waals surface area contributed by atoms with Gasteiger partial charge in [-0.2, -0.15) is 0 Å². The zero-order valence-corrected chi connectivity index (χ0v) is 30.0. The molecule has 0 bridgehead atoms. The Morgan fingerprint density at radius 2 is 0.926 bits per heavy atom. The SMILES string of the molecule is c1ccc(N(c2ccccc2)c2cccc3c2[C@@]2(CC3)CCc3cccc(N(c4ccccc4)c4ccc5oc6ccc7ccccc7c6c5c4)c32)cc1.